The summed E-state index contributed by atoms with van der Waals surface area (Å²) in [5, 5.41) is 4.72. The predicted octanol–water partition coefficient (Wildman–Crippen LogP) is 2.92. The zero-order valence-corrected chi connectivity index (χ0v) is 11.7. The molecular weight excluding hydrogens is 212 g/mol. The summed E-state index contributed by atoms with van der Waals surface area (Å²) in [4.78, 5) is 0. The third-order valence-electron chi connectivity index (χ3n) is 3.19. The van der Waals surface area contributed by atoms with E-state index in [-0.39, 0.29) is 5.54 Å². The third kappa shape index (κ3) is 2.89. The van der Waals surface area contributed by atoms with Crippen LogP contribution in [0.1, 0.15) is 52.3 Å². The largest absolute Gasteiger partial charge is 0.375 e. The molecular formula is C14H24N2O. The highest BCUT2D eigenvalue weighted by molar-refractivity contribution is 5.22. The molecule has 1 heterocycles. The lowest BCUT2D eigenvalue weighted by molar-refractivity contribution is 0.000310. The van der Waals surface area contributed by atoms with E-state index < -0.39 is 0 Å². The van der Waals surface area contributed by atoms with Gasteiger partial charge in [-0.2, -0.15) is 5.10 Å². The second kappa shape index (κ2) is 4.45. The van der Waals surface area contributed by atoms with Crippen molar-refractivity contribution in [2.24, 2.45) is 0 Å². The van der Waals surface area contributed by atoms with E-state index in [1.807, 2.05) is 0 Å². The van der Waals surface area contributed by atoms with E-state index in [2.05, 4.69) is 45.5 Å². The summed E-state index contributed by atoms with van der Waals surface area (Å²) in [5.41, 5.74) is 2.71. The van der Waals surface area contributed by atoms with Crippen molar-refractivity contribution >= 4 is 0 Å². The van der Waals surface area contributed by atoms with Crippen LogP contribution in [-0.4, -0.2) is 22.0 Å². The smallest absolute Gasteiger partial charge is 0.0682 e. The average Bonchev–Trinajstić information content (AvgIpc) is 2.58. The standard InChI is InChI=1S/C14H24N2O/c1-10(2)17-12-7-6-11-9-16(14(3,4)5)15-13(11)8-12/h9-10,12H,6-8H2,1-5H3. The van der Waals surface area contributed by atoms with Crippen molar-refractivity contribution in [3.05, 3.63) is 17.5 Å². The summed E-state index contributed by atoms with van der Waals surface area (Å²) in [6.45, 7) is 10.8. The highest BCUT2D eigenvalue weighted by Crippen LogP contribution is 2.25. The zero-order valence-electron chi connectivity index (χ0n) is 11.7. The van der Waals surface area contributed by atoms with Crippen molar-refractivity contribution in [1.29, 1.82) is 0 Å². The van der Waals surface area contributed by atoms with Crippen molar-refractivity contribution in [3.63, 3.8) is 0 Å². The molecule has 0 aromatic carbocycles. The molecule has 0 saturated carbocycles. The van der Waals surface area contributed by atoms with Crippen LogP contribution in [0, 0.1) is 0 Å². The van der Waals surface area contributed by atoms with Gasteiger partial charge >= 0.3 is 0 Å². The van der Waals surface area contributed by atoms with E-state index in [0.29, 0.717) is 12.2 Å². The molecule has 1 unspecified atom stereocenters. The number of hydrogen-bond donors (Lipinski definition) is 0. The van der Waals surface area contributed by atoms with Gasteiger partial charge in [-0.15, -0.1) is 0 Å². The van der Waals surface area contributed by atoms with Crippen LogP contribution in [0.3, 0.4) is 0 Å². The Morgan fingerprint density at radius 2 is 2.12 bits per heavy atom. The minimum Gasteiger partial charge on any atom is -0.375 e. The van der Waals surface area contributed by atoms with Gasteiger partial charge in [0.15, 0.2) is 0 Å². The minimum absolute atomic E-state index is 0.0751. The average molecular weight is 236 g/mol. The maximum Gasteiger partial charge on any atom is 0.0682 e. The highest BCUT2D eigenvalue weighted by Gasteiger charge is 2.25. The fourth-order valence-corrected chi connectivity index (χ4v) is 2.30. The lowest BCUT2D eigenvalue weighted by Gasteiger charge is -2.23. The maximum atomic E-state index is 5.89. The third-order valence-corrected chi connectivity index (χ3v) is 3.19. The molecule has 0 radical (unpaired) electrons. The highest BCUT2D eigenvalue weighted by atomic mass is 16.5. The number of aryl methyl sites for hydroxylation is 1. The Morgan fingerprint density at radius 3 is 2.71 bits per heavy atom. The Bertz CT molecular complexity index is 387. The number of fused-ring (bicyclic) bond motifs is 1. The molecule has 0 amide bonds. The van der Waals surface area contributed by atoms with Gasteiger partial charge in [-0.3, -0.25) is 4.68 Å². The summed E-state index contributed by atoms with van der Waals surface area (Å²) < 4.78 is 7.99. The van der Waals surface area contributed by atoms with Crippen LogP contribution in [0.5, 0.6) is 0 Å². The summed E-state index contributed by atoms with van der Waals surface area (Å²) in [6, 6.07) is 0. The van der Waals surface area contributed by atoms with E-state index in [1.165, 1.54) is 11.3 Å². The Kier molecular flexibility index (Phi) is 3.30. The van der Waals surface area contributed by atoms with E-state index in [1.54, 1.807) is 0 Å². The first kappa shape index (κ1) is 12.6. The Morgan fingerprint density at radius 1 is 1.41 bits per heavy atom. The molecule has 0 N–H and O–H groups in total. The van der Waals surface area contributed by atoms with Crippen molar-refractivity contribution < 1.29 is 4.74 Å². The second-order valence-corrected chi connectivity index (χ2v) is 6.27. The summed E-state index contributed by atoms with van der Waals surface area (Å²) in [6.07, 6.45) is 6.07. The molecule has 17 heavy (non-hydrogen) atoms. The van der Waals surface area contributed by atoms with Gasteiger partial charge in [0.05, 0.1) is 23.4 Å². The monoisotopic (exact) mass is 236 g/mol. The van der Waals surface area contributed by atoms with Crippen LogP contribution in [-0.2, 0) is 23.1 Å². The summed E-state index contributed by atoms with van der Waals surface area (Å²) >= 11 is 0. The SMILES string of the molecule is CC(C)OC1CCc2cn(C(C)(C)C)nc2C1. The lowest BCUT2D eigenvalue weighted by atomic mass is 9.95. The predicted molar refractivity (Wildman–Crippen MR) is 69.3 cm³/mol. The van der Waals surface area contributed by atoms with Crippen LogP contribution >= 0.6 is 0 Å². The molecule has 0 saturated heterocycles. The first-order valence-electron chi connectivity index (χ1n) is 6.59. The van der Waals surface area contributed by atoms with Gasteiger partial charge in [0.25, 0.3) is 0 Å². The molecule has 2 rings (SSSR count). The topological polar surface area (TPSA) is 27.1 Å². The van der Waals surface area contributed by atoms with Crippen molar-refractivity contribution in [2.45, 2.75) is 71.6 Å². The van der Waals surface area contributed by atoms with Gasteiger partial charge in [-0.05, 0) is 53.0 Å². The molecule has 0 fully saturated rings. The number of rotatable bonds is 2. The molecule has 1 aliphatic rings. The van der Waals surface area contributed by atoms with Crippen LogP contribution in [0.25, 0.3) is 0 Å². The molecule has 0 spiro atoms. The van der Waals surface area contributed by atoms with Gasteiger partial charge < -0.3 is 4.74 Å². The molecule has 96 valence electrons. The summed E-state index contributed by atoms with van der Waals surface area (Å²) in [7, 11) is 0. The van der Waals surface area contributed by atoms with Gasteiger partial charge in [-0.1, -0.05) is 0 Å². The molecule has 1 aliphatic carbocycles. The number of ether oxygens (including phenoxy) is 1. The van der Waals surface area contributed by atoms with Crippen LogP contribution < -0.4 is 0 Å². The van der Waals surface area contributed by atoms with Crippen LogP contribution in [0.4, 0.5) is 0 Å². The molecule has 1 atom stereocenters. The molecule has 1 aromatic rings. The van der Waals surface area contributed by atoms with Gasteiger partial charge in [0, 0.05) is 12.6 Å². The Hall–Kier alpha value is -0.830. The number of nitrogens with zero attached hydrogens (tertiary/aromatic N) is 2. The first-order chi connectivity index (χ1) is 7.86. The maximum absolute atomic E-state index is 5.89. The molecule has 0 aliphatic heterocycles. The first-order valence-corrected chi connectivity index (χ1v) is 6.59. The Labute approximate surface area is 104 Å². The van der Waals surface area contributed by atoms with Crippen LogP contribution in [0.2, 0.25) is 0 Å². The van der Waals surface area contributed by atoms with Gasteiger partial charge in [0.1, 0.15) is 0 Å². The van der Waals surface area contributed by atoms with E-state index in [0.717, 1.165) is 19.3 Å². The zero-order chi connectivity index (χ0) is 12.6. The van der Waals surface area contributed by atoms with Crippen molar-refractivity contribution in [1.82, 2.24) is 9.78 Å². The molecule has 1 aromatic heterocycles. The fraction of sp³-hybridized carbons (Fsp3) is 0.786. The van der Waals surface area contributed by atoms with Gasteiger partial charge in [-0.25, -0.2) is 0 Å². The number of hydrogen-bond acceptors (Lipinski definition) is 2. The normalized spacial score (nSPS) is 20.7. The Balaban J connectivity index is 2.13. The van der Waals surface area contributed by atoms with Crippen LogP contribution in [0.15, 0.2) is 6.20 Å². The van der Waals surface area contributed by atoms with Gasteiger partial charge in [0.2, 0.25) is 0 Å². The fourth-order valence-electron chi connectivity index (χ4n) is 2.30. The van der Waals surface area contributed by atoms with Crippen molar-refractivity contribution in [2.75, 3.05) is 0 Å². The summed E-state index contributed by atoms with van der Waals surface area (Å²) in [5.74, 6) is 0. The lowest BCUT2D eigenvalue weighted by Crippen LogP contribution is -2.25. The van der Waals surface area contributed by atoms with E-state index in [9.17, 15) is 0 Å². The minimum atomic E-state index is 0.0751. The van der Waals surface area contributed by atoms with Crippen molar-refractivity contribution in [3.8, 4) is 0 Å². The molecule has 3 nitrogen and oxygen atoms in total. The second-order valence-electron chi connectivity index (χ2n) is 6.27. The van der Waals surface area contributed by atoms with E-state index in [4.69, 9.17) is 9.84 Å². The molecule has 0 bridgehead atoms. The quantitative estimate of drug-likeness (QED) is 0.789. The molecule has 3 heteroatoms. The number of aromatic nitrogens is 2. The van der Waals surface area contributed by atoms with E-state index >= 15 is 0 Å².